The molecular weight excluding hydrogens is 368 g/mol. The SMILES string of the molecule is COc1ccc(NC(=O)c2ccnc(Nc3ccc(F)cc3F)c2)c(OC)c1. The first-order valence-electron chi connectivity index (χ1n) is 8.21. The van der Waals surface area contributed by atoms with Gasteiger partial charge in [0.25, 0.3) is 5.91 Å². The van der Waals surface area contributed by atoms with Gasteiger partial charge in [0.15, 0.2) is 0 Å². The molecule has 6 nitrogen and oxygen atoms in total. The van der Waals surface area contributed by atoms with Crippen molar-refractivity contribution in [1.82, 2.24) is 4.98 Å². The predicted octanol–water partition coefficient (Wildman–Crippen LogP) is 4.37. The lowest BCUT2D eigenvalue weighted by molar-refractivity contribution is 0.102. The summed E-state index contributed by atoms with van der Waals surface area (Å²) < 4.78 is 37.2. The van der Waals surface area contributed by atoms with Crippen molar-refractivity contribution in [2.75, 3.05) is 24.9 Å². The summed E-state index contributed by atoms with van der Waals surface area (Å²) in [7, 11) is 3.01. The maximum atomic E-state index is 13.8. The van der Waals surface area contributed by atoms with E-state index in [1.54, 1.807) is 18.2 Å². The Bertz CT molecular complexity index is 1010. The summed E-state index contributed by atoms with van der Waals surface area (Å²) in [5.41, 5.74) is 0.797. The Balaban J connectivity index is 1.79. The minimum atomic E-state index is -0.764. The molecular formula is C20H17F2N3O3. The maximum absolute atomic E-state index is 13.8. The number of amides is 1. The van der Waals surface area contributed by atoms with Crippen LogP contribution in [-0.4, -0.2) is 25.1 Å². The lowest BCUT2D eigenvalue weighted by atomic mass is 10.2. The van der Waals surface area contributed by atoms with Gasteiger partial charge >= 0.3 is 0 Å². The van der Waals surface area contributed by atoms with Crippen LogP contribution in [0.15, 0.2) is 54.7 Å². The first-order valence-corrected chi connectivity index (χ1v) is 8.21. The van der Waals surface area contributed by atoms with Crippen LogP contribution in [0.3, 0.4) is 0 Å². The summed E-state index contributed by atoms with van der Waals surface area (Å²) in [4.78, 5) is 16.6. The first kappa shape index (κ1) is 19.1. The number of nitrogens with one attached hydrogen (secondary N) is 2. The molecule has 1 heterocycles. The van der Waals surface area contributed by atoms with E-state index in [2.05, 4.69) is 15.6 Å². The fraction of sp³-hybridized carbons (Fsp3) is 0.100. The number of methoxy groups -OCH3 is 2. The zero-order valence-electron chi connectivity index (χ0n) is 15.1. The van der Waals surface area contributed by atoms with Crippen molar-refractivity contribution >= 4 is 23.1 Å². The van der Waals surface area contributed by atoms with Gasteiger partial charge in [-0.3, -0.25) is 4.79 Å². The number of carbonyl (C=O) groups is 1. The number of benzene rings is 2. The van der Waals surface area contributed by atoms with Gasteiger partial charge in [-0.05, 0) is 36.4 Å². The summed E-state index contributed by atoms with van der Waals surface area (Å²) in [6, 6.07) is 11.1. The minimum absolute atomic E-state index is 0.0447. The number of aromatic nitrogens is 1. The van der Waals surface area contributed by atoms with Crippen molar-refractivity contribution in [2.24, 2.45) is 0 Å². The smallest absolute Gasteiger partial charge is 0.255 e. The van der Waals surface area contributed by atoms with Gasteiger partial charge in [-0.15, -0.1) is 0 Å². The Hall–Kier alpha value is -3.68. The van der Waals surface area contributed by atoms with E-state index in [4.69, 9.17) is 9.47 Å². The fourth-order valence-electron chi connectivity index (χ4n) is 2.47. The second-order valence-electron chi connectivity index (χ2n) is 5.70. The normalized spacial score (nSPS) is 10.3. The summed E-state index contributed by atoms with van der Waals surface area (Å²) in [5.74, 6) is -0.592. The van der Waals surface area contributed by atoms with Crippen molar-refractivity contribution in [3.05, 3.63) is 71.9 Å². The lowest BCUT2D eigenvalue weighted by Gasteiger charge is -2.12. The molecule has 0 aliphatic heterocycles. The van der Waals surface area contributed by atoms with Crippen LogP contribution < -0.4 is 20.1 Å². The molecule has 0 bridgehead atoms. The quantitative estimate of drug-likeness (QED) is 0.659. The number of ether oxygens (including phenoxy) is 2. The third-order valence-electron chi connectivity index (χ3n) is 3.87. The number of nitrogens with zero attached hydrogens (tertiary/aromatic N) is 1. The molecule has 144 valence electrons. The summed E-state index contributed by atoms with van der Waals surface area (Å²) in [5, 5.41) is 5.46. The molecule has 0 atom stereocenters. The van der Waals surface area contributed by atoms with Crippen LogP contribution >= 0.6 is 0 Å². The van der Waals surface area contributed by atoms with Crippen molar-refractivity contribution in [3.63, 3.8) is 0 Å². The number of pyridine rings is 1. The zero-order valence-corrected chi connectivity index (χ0v) is 15.1. The highest BCUT2D eigenvalue weighted by Gasteiger charge is 2.12. The third-order valence-corrected chi connectivity index (χ3v) is 3.87. The van der Waals surface area contributed by atoms with Gasteiger partial charge in [0.1, 0.15) is 29.0 Å². The van der Waals surface area contributed by atoms with Crippen molar-refractivity contribution in [3.8, 4) is 11.5 Å². The number of hydrogen-bond donors (Lipinski definition) is 2. The summed E-state index contributed by atoms with van der Waals surface area (Å²) >= 11 is 0. The molecule has 2 N–H and O–H groups in total. The highest BCUT2D eigenvalue weighted by molar-refractivity contribution is 6.05. The Morgan fingerprint density at radius 2 is 1.75 bits per heavy atom. The fourth-order valence-corrected chi connectivity index (χ4v) is 2.47. The van der Waals surface area contributed by atoms with Crippen molar-refractivity contribution in [1.29, 1.82) is 0 Å². The van der Waals surface area contributed by atoms with E-state index in [9.17, 15) is 13.6 Å². The third kappa shape index (κ3) is 4.35. The molecule has 1 aromatic heterocycles. The van der Waals surface area contributed by atoms with Gasteiger partial charge in [-0.2, -0.15) is 0 Å². The van der Waals surface area contributed by atoms with E-state index in [1.807, 2.05) is 0 Å². The van der Waals surface area contributed by atoms with Crippen LogP contribution in [-0.2, 0) is 0 Å². The van der Waals surface area contributed by atoms with E-state index in [0.717, 1.165) is 12.1 Å². The second-order valence-corrected chi connectivity index (χ2v) is 5.70. The Labute approximate surface area is 160 Å². The molecule has 1 amide bonds. The minimum Gasteiger partial charge on any atom is -0.497 e. The number of carbonyl (C=O) groups excluding carboxylic acids is 1. The standard InChI is InChI=1S/C20H17F2N3O3/c1-27-14-4-6-17(18(11-14)28-2)25-20(26)12-7-8-23-19(9-12)24-16-5-3-13(21)10-15(16)22/h3-11H,1-2H3,(H,23,24)(H,25,26). The zero-order chi connectivity index (χ0) is 20.1. The van der Waals surface area contributed by atoms with E-state index in [0.29, 0.717) is 17.2 Å². The molecule has 3 rings (SSSR count). The molecule has 3 aromatic rings. The number of rotatable bonds is 6. The molecule has 0 fully saturated rings. The molecule has 0 saturated heterocycles. The largest absolute Gasteiger partial charge is 0.497 e. The number of halogens is 2. The highest BCUT2D eigenvalue weighted by Crippen LogP contribution is 2.29. The van der Waals surface area contributed by atoms with Gasteiger partial charge < -0.3 is 20.1 Å². The van der Waals surface area contributed by atoms with Crippen molar-refractivity contribution < 1.29 is 23.0 Å². The average Bonchev–Trinajstić information content (AvgIpc) is 2.70. The van der Waals surface area contributed by atoms with Gasteiger partial charge in [-0.25, -0.2) is 13.8 Å². The Morgan fingerprint density at radius 3 is 2.46 bits per heavy atom. The van der Waals surface area contributed by atoms with Gasteiger partial charge in [0, 0.05) is 23.9 Å². The number of anilines is 3. The molecule has 0 radical (unpaired) electrons. The van der Waals surface area contributed by atoms with Gasteiger partial charge in [0.2, 0.25) is 0 Å². The first-order chi connectivity index (χ1) is 13.5. The van der Waals surface area contributed by atoms with E-state index < -0.39 is 17.5 Å². The molecule has 0 aliphatic carbocycles. The van der Waals surface area contributed by atoms with E-state index >= 15 is 0 Å². The molecule has 0 aliphatic rings. The molecule has 28 heavy (non-hydrogen) atoms. The van der Waals surface area contributed by atoms with Crippen LogP contribution in [0.4, 0.5) is 26.0 Å². The molecule has 0 unspecified atom stereocenters. The lowest BCUT2D eigenvalue weighted by Crippen LogP contribution is -2.13. The summed E-state index contributed by atoms with van der Waals surface area (Å²) in [6.07, 6.45) is 1.41. The molecule has 0 saturated carbocycles. The van der Waals surface area contributed by atoms with E-state index in [-0.39, 0.29) is 17.1 Å². The van der Waals surface area contributed by atoms with Crippen molar-refractivity contribution in [2.45, 2.75) is 0 Å². The monoisotopic (exact) mass is 385 g/mol. The summed E-state index contributed by atoms with van der Waals surface area (Å²) in [6.45, 7) is 0. The van der Waals surface area contributed by atoms with Gasteiger partial charge in [-0.1, -0.05) is 0 Å². The number of hydrogen-bond acceptors (Lipinski definition) is 5. The van der Waals surface area contributed by atoms with Crippen LogP contribution in [0, 0.1) is 11.6 Å². The Morgan fingerprint density at radius 1 is 0.964 bits per heavy atom. The molecule has 8 heteroatoms. The van der Waals surface area contributed by atoms with Crippen LogP contribution in [0.5, 0.6) is 11.5 Å². The van der Waals surface area contributed by atoms with E-state index in [1.165, 1.54) is 38.6 Å². The second kappa shape index (κ2) is 8.34. The van der Waals surface area contributed by atoms with Crippen LogP contribution in [0.25, 0.3) is 0 Å². The van der Waals surface area contributed by atoms with Gasteiger partial charge in [0.05, 0.1) is 25.6 Å². The van der Waals surface area contributed by atoms with Crippen LogP contribution in [0.1, 0.15) is 10.4 Å². The van der Waals surface area contributed by atoms with Crippen LogP contribution in [0.2, 0.25) is 0 Å². The maximum Gasteiger partial charge on any atom is 0.255 e. The highest BCUT2D eigenvalue weighted by atomic mass is 19.1. The average molecular weight is 385 g/mol. The molecule has 2 aromatic carbocycles. The topological polar surface area (TPSA) is 72.5 Å². The molecule has 0 spiro atoms. The predicted molar refractivity (Wildman–Crippen MR) is 101 cm³/mol. The Kier molecular flexibility index (Phi) is 5.69.